The lowest BCUT2D eigenvalue weighted by atomic mass is 10.1. The Kier molecular flexibility index (Phi) is 6.17. The van der Waals surface area contributed by atoms with Crippen molar-refractivity contribution in [3.8, 4) is 11.5 Å². The lowest BCUT2D eigenvalue weighted by molar-refractivity contribution is -0.122. The van der Waals surface area contributed by atoms with Crippen LogP contribution in [0.2, 0.25) is 0 Å². The SMILES string of the molecule is CNC(=O)C(C)NCc1cccc(OC)c1OC(F)F. The van der Waals surface area contributed by atoms with Gasteiger partial charge in [0.1, 0.15) is 0 Å². The molecular weight excluding hydrogens is 270 g/mol. The fourth-order valence-corrected chi connectivity index (χ4v) is 1.66. The Bertz CT molecular complexity index is 455. The second kappa shape index (κ2) is 7.64. The number of alkyl halides is 2. The zero-order valence-corrected chi connectivity index (χ0v) is 11.6. The van der Waals surface area contributed by atoms with E-state index in [1.165, 1.54) is 20.2 Å². The minimum absolute atomic E-state index is 0.0263. The molecule has 0 radical (unpaired) electrons. The Morgan fingerprint density at radius 1 is 1.40 bits per heavy atom. The summed E-state index contributed by atoms with van der Waals surface area (Å²) in [5, 5.41) is 5.42. The molecule has 0 fully saturated rings. The normalized spacial score (nSPS) is 12.1. The van der Waals surface area contributed by atoms with Crippen LogP contribution < -0.4 is 20.1 Å². The lowest BCUT2D eigenvalue weighted by Crippen LogP contribution is -2.40. The van der Waals surface area contributed by atoms with E-state index in [1.807, 2.05) is 0 Å². The molecule has 5 nitrogen and oxygen atoms in total. The molecule has 0 spiro atoms. The molecule has 0 aliphatic carbocycles. The van der Waals surface area contributed by atoms with Gasteiger partial charge in [0.2, 0.25) is 5.91 Å². The van der Waals surface area contributed by atoms with Crippen LogP contribution in [-0.4, -0.2) is 32.7 Å². The Labute approximate surface area is 116 Å². The van der Waals surface area contributed by atoms with E-state index in [0.29, 0.717) is 5.56 Å². The summed E-state index contributed by atoms with van der Waals surface area (Å²) in [6.45, 7) is -1.07. The first-order valence-corrected chi connectivity index (χ1v) is 6.05. The van der Waals surface area contributed by atoms with E-state index in [2.05, 4.69) is 15.4 Å². The Morgan fingerprint density at radius 2 is 2.10 bits per heavy atom. The van der Waals surface area contributed by atoms with Gasteiger partial charge in [-0.3, -0.25) is 4.79 Å². The second-order valence-corrected chi connectivity index (χ2v) is 4.04. The zero-order chi connectivity index (χ0) is 15.1. The number of ether oxygens (including phenoxy) is 2. The van der Waals surface area contributed by atoms with E-state index in [0.717, 1.165) is 0 Å². The smallest absolute Gasteiger partial charge is 0.387 e. The van der Waals surface area contributed by atoms with Crippen molar-refractivity contribution < 1.29 is 23.0 Å². The van der Waals surface area contributed by atoms with Crippen molar-refractivity contribution in [3.05, 3.63) is 23.8 Å². The van der Waals surface area contributed by atoms with Crippen LogP contribution in [-0.2, 0) is 11.3 Å². The van der Waals surface area contributed by atoms with Crippen LogP contribution in [0.25, 0.3) is 0 Å². The number of methoxy groups -OCH3 is 1. The maximum absolute atomic E-state index is 12.4. The van der Waals surface area contributed by atoms with Gasteiger partial charge < -0.3 is 20.1 Å². The predicted octanol–water partition coefficient (Wildman–Crippen LogP) is 1.52. The minimum Gasteiger partial charge on any atom is -0.493 e. The van der Waals surface area contributed by atoms with Crippen LogP contribution in [0.3, 0.4) is 0 Å². The van der Waals surface area contributed by atoms with Crippen LogP contribution in [0.4, 0.5) is 8.78 Å². The molecule has 1 unspecified atom stereocenters. The highest BCUT2D eigenvalue weighted by molar-refractivity contribution is 5.80. The van der Waals surface area contributed by atoms with Gasteiger partial charge in [-0.2, -0.15) is 8.78 Å². The number of benzene rings is 1. The summed E-state index contributed by atoms with van der Waals surface area (Å²) in [6.07, 6.45) is 0. The number of hydrogen-bond acceptors (Lipinski definition) is 4. The maximum Gasteiger partial charge on any atom is 0.387 e. The third kappa shape index (κ3) is 4.34. The van der Waals surface area contributed by atoms with Gasteiger partial charge in [-0.05, 0) is 13.0 Å². The third-order valence-electron chi connectivity index (χ3n) is 2.73. The molecule has 0 heterocycles. The van der Waals surface area contributed by atoms with Crippen LogP contribution in [0.1, 0.15) is 12.5 Å². The van der Waals surface area contributed by atoms with Gasteiger partial charge >= 0.3 is 6.61 Å². The summed E-state index contributed by atoms with van der Waals surface area (Å²) in [7, 11) is 2.90. The summed E-state index contributed by atoms with van der Waals surface area (Å²) in [4.78, 5) is 11.4. The highest BCUT2D eigenvalue weighted by Crippen LogP contribution is 2.32. The van der Waals surface area contributed by atoms with Gasteiger partial charge in [0.25, 0.3) is 0 Å². The number of carbonyl (C=O) groups is 1. The molecule has 1 aromatic rings. The molecule has 1 rings (SSSR count). The van der Waals surface area contributed by atoms with Crippen LogP contribution >= 0.6 is 0 Å². The number of halogens is 2. The topological polar surface area (TPSA) is 59.6 Å². The molecule has 0 aromatic heterocycles. The van der Waals surface area contributed by atoms with Crippen molar-refractivity contribution in [2.24, 2.45) is 0 Å². The zero-order valence-electron chi connectivity index (χ0n) is 11.6. The number of likely N-dealkylation sites (N-methyl/N-ethyl adjacent to an activating group) is 1. The number of hydrogen-bond donors (Lipinski definition) is 2. The molecule has 112 valence electrons. The van der Waals surface area contributed by atoms with Crippen molar-refractivity contribution in [2.45, 2.75) is 26.1 Å². The quantitative estimate of drug-likeness (QED) is 0.798. The fourth-order valence-electron chi connectivity index (χ4n) is 1.66. The largest absolute Gasteiger partial charge is 0.493 e. The number of para-hydroxylation sites is 1. The molecule has 2 N–H and O–H groups in total. The highest BCUT2D eigenvalue weighted by atomic mass is 19.3. The summed E-state index contributed by atoms with van der Waals surface area (Å²) in [5.74, 6) is 0.00280. The van der Waals surface area contributed by atoms with Gasteiger partial charge in [0.15, 0.2) is 11.5 Å². The lowest BCUT2D eigenvalue weighted by Gasteiger charge is -2.17. The molecule has 1 amide bonds. The predicted molar refractivity (Wildman–Crippen MR) is 70.0 cm³/mol. The van der Waals surface area contributed by atoms with Crippen molar-refractivity contribution in [2.75, 3.05) is 14.2 Å². The number of carbonyl (C=O) groups excluding carboxylic acids is 1. The van der Waals surface area contributed by atoms with Gasteiger partial charge in [0.05, 0.1) is 13.2 Å². The molecule has 0 aliphatic rings. The van der Waals surface area contributed by atoms with Crippen LogP contribution in [0.5, 0.6) is 11.5 Å². The summed E-state index contributed by atoms with van der Waals surface area (Å²) in [5.41, 5.74) is 0.486. The van der Waals surface area contributed by atoms with Crippen LogP contribution in [0.15, 0.2) is 18.2 Å². The Hall–Kier alpha value is -1.89. The summed E-state index contributed by atoms with van der Waals surface area (Å²) >= 11 is 0. The average Bonchev–Trinajstić information content (AvgIpc) is 2.44. The molecule has 0 saturated heterocycles. The Balaban J connectivity index is 2.85. The van der Waals surface area contributed by atoms with Gasteiger partial charge in [-0.25, -0.2) is 0 Å². The number of rotatable bonds is 7. The monoisotopic (exact) mass is 288 g/mol. The van der Waals surface area contributed by atoms with Crippen molar-refractivity contribution in [1.82, 2.24) is 10.6 Å². The number of nitrogens with one attached hydrogen (secondary N) is 2. The third-order valence-corrected chi connectivity index (χ3v) is 2.73. The van der Waals surface area contributed by atoms with E-state index in [-0.39, 0.29) is 24.0 Å². The van der Waals surface area contributed by atoms with E-state index < -0.39 is 12.7 Å². The molecule has 1 aromatic carbocycles. The Morgan fingerprint density at radius 3 is 2.65 bits per heavy atom. The van der Waals surface area contributed by atoms with Crippen molar-refractivity contribution >= 4 is 5.91 Å². The molecule has 0 aliphatic heterocycles. The number of amides is 1. The average molecular weight is 288 g/mol. The minimum atomic E-state index is -2.94. The van der Waals surface area contributed by atoms with Gasteiger partial charge in [-0.15, -0.1) is 0 Å². The molecule has 0 bridgehead atoms. The summed E-state index contributed by atoms with van der Waals surface area (Å²) in [6, 6.07) is 4.37. The van der Waals surface area contributed by atoms with Gasteiger partial charge in [-0.1, -0.05) is 12.1 Å². The molecular formula is C13H18F2N2O3. The van der Waals surface area contributed by atoms with E-state index in [1.54, 1.807) is 19.1 Å². The first kappa shape index (κ1) is 16.2. The van der Waals surface area contributed by atoms with Crippen molar-refractivity contribution in [3.63, 3.8) is 0 Å². The van der Waals surface area contributed by atoms with Gasteiger partial charge in [0, 0.05) is 19.2 Å². The molecule has 0 saturated carbocycles. The van der Waals surface area contributed by atoms with Crippen molar-refractivity contribution in [1.29, 1.82) is 0 Å². The molecule has 20 heavy (non-hydrogen) atoms. The second-order valence-electron chi connectivity index (χ2n) is 4.04. The fraction of sp³-hybridized carbons (Fsp3) is 0.462. The summed E-state index contributed by atoms with van der Waals surface area (Å²) < 4.78 is 34.4. The van der Waals surface area contributed by atoms with E-state index in [4.69, 9.17) is 4.74 Å². The highest BCUT2D eigenvalue weighted by Gasteiger charge is 2.17. The van der Waals surface area contributed by atoms with Crippen LogP contribution in [0, 0.1) is 0 Å². The standard InChI is InChI=1S/C13H18F2N2O3/c1-8(12(18)16-2)17-7-9-5-4-6-10(19-3)11(9)20-13(14)15/h4-6,8,13,17H,7H2,1-3H3,(H,16,18). The van der Waals surface area contributed by atoms with E-state index in [9.17, 15) is 13.6 Å². The molecule has 1 atom stereocenters. The molecule has 7 heteroatoms. The van der Waals surface area contributed by atoms with E-state index >= 15 is 0 Å². The first-order chi connectivity index (χ1) is 9.49. The first-order valence-electron chi connectivity index (χ1n) is 6.05. The maximum atomic E-state index is 12.4.